The van der Waals surface area contributed by atoms with Crippen LogP contribution in [-0.4, -0.2) is 27.8 Å². The summed E-state index contributed by atoms with van der Waals surface area (Å²) in [5, 5.41) is 3.69. The molecule has 0 fully saturated rings. The van der Waals surface area contributed by atoms with Crippen LogP contribution in [0.3, 0.4) is 0 Å². The maximum Gasteiger partial charge on any atom is 0.240 e. The highest BCUT2D eigenvalue weighted by Crippen LogP contribution is 2.34. The van der Waals surface area contributed by atoms with Crippen molar-refractivity contribution in [3.63, 3.8) is 0 Å². The van der Waals surface area contributed by atoms with Crippen molar-refractivity contribution in [2.75, 3.05) is 12.3 Å². The molecule has 2 aromatic carbocycles. The smallest absolute Gasteiger partial charge is 0.240 e. The first kappa shape index (κ1) is 17.1. The number of aromatic nitrogens is 2. The van der Waals surface area contributed by atoms with Gasteiger partial charge in [-0.1, -0.05) is 41.4 Å². The van der Waals surface area contributed by atoms with E-state index in [9.17, 15) is 4.79 Å². The number of nitrogens with one attached hydrogen (secondary N) is 1. The molecule has 1 N–H and O–H groups in total. The van der Waals surface area contributed by atoms with Gasteiger partial charge < -0.3 is 9.88 Å². The first-order valence-corrected chi connectivity index (χ1v) is 8.78. The van der Waals surface area contributed by atoms with Crippen LogP contribution in [0.1, 0.15) is 0 Å². The van der Waals surface area contributed by atoms with Crippen molar-refractivity contribution in [2.45, 2.75) is 6.54 Å². The van der Waals surface area contributed by atoms with Gasteiger partial charge in [-0.15, -0.1) is 0 Å². The maximum atomic E-state index is 12.2. The van der Waals surface area contributed by atoms with E-state index >= 15 is 0 Å². The number of para-hydroxylation sites is 2. The Labute approximate surface area is 155 Å². The van der Waals surface area contributed by atoms with E-state index < -0.39 is 0 Å². The van der Waals surface area contributed by atoms with Gasteiger partial charge in [0.05, 0.1) is 21.1 Å². The summed E-state index contributed by atoms with van der Waals surface area (Å²) in [5.74, 6) is 1.10. The molecule has 4 nitrogen and oxygen atoms in total. The van der Waals surface area contributed by atoms with Gasteiger partial charge in [-0.05, 0) is 24.3 Å². The SMILES string of the molecule is O=C(Cn1c(-c2cccc(Cl)c2Cl)nc2ccccc21)NCCS. The van der Waals surface area contributed by atoms with Crippen molar-refractivity contribution in [1.29, 1.82) is 0 Å². The molecule has 0 bridgehead atoms. The van der Waals surface area contributed by atoms with Crippen LogP contribution in [0.5, 0.6) is 0 Å². The van der Waals surface area contributed by atoms with Gasteiger partial charge in [0, 0.05) is 17.9 Å². The monoisotopic (exact) mass is 379 g/mol. The standard InChI is InChI=1S/C17H15Cl2N3OS/c18-12-5-3-4-11(16(12)19)17-21-13-6-1-2-7-14(13)22(17)10-15(23)20-8-9-24/h1-7,24H,8-10H2,(H,20,23). The Morgan fingerprint density at radius 3 is 2.75 bits per heavy atom. The molecule has 0 spiro atoms. The third-order valence-electron chi connectivity index (χ3n) is 3.58. The maximum absolute atomic E-state index is 12.2. The second-order valence-corrected chi connectivity index (χ2v) is 6.42. The number of fused-ring (bicyclic) bond motifs is 1. The Balaban J connectivity index is 2.11. The molecule has 0 aliphatic rings. The van der Waals surface area contributed by atoms with Gasteiger partial charge >= 0.3 is 0 Å². The quantitative estimate of drug-likeness (QED) is 0.656. The molecule has 0 aliphatic heterocycles. The van der Waals surface area contributed by atoms with E-state index in [1.165, 1.54) is 0 Å². The van der Waals surface area contributed by atoms with E-state index in [-0.39, 0.29) is 12.5 Å². The summed E-state index contributed by atoms with van der Waals surface area (Å²) < 4.78 is 1.85. The molecule has 0 radical (unpaired) electrons. The topological polar surface area (TPSA) is 46.9 Å². The van der Waals surface area contributed by atoms with Crippen LogP contribution >= 0.6 is 35.8 Å². The number of hydrogen-bond acceptors (Lipinski definition) is 3. The largest absolute Gasteiger partial charge is 0.354 e. The van der Waals surface area contributed by atoms with Crippen LogP contribution in [0.2, 0.25) is 10.0 Å². The molecule has 124 valence electrons. The van der Waals surface area contributed by atoms with Gasteiger partial charge in [0.1, 0.15) is 12.4 Å². The van der Waals surface area contributed by atoms with Gasteiger partial charge in [0.25, 0.3) is 0 Å². The number of hydrogen-bond donors (Lipinski definition) is 2. The fraction of sp³-hybridized carbons (Fsp3) is 0.176. The van der Waals surface area contributed by atoms with Crippen molar-refractivity contribution in [3.05, 3.63) is 52.5 Å². The lowest BCUT2D eigenvalue weighted by Crippen LogP contribution is -2.29. The van der Waals surface area contributed by atoms with Gasteiger partial charge in [0.2, 0.25) is 5.91 Å². The number of amides is 1. The molecule has 1 aromatic heterocycles. The van der Waals surface area contributed by atoms with Crippen LogP contribution in [0, 0.1) is 0 Å². The molecule has 7 heteroatoms. The highest BCUT2D eigenvalue weighted by atomic mass is 35.5. The third kappa shape index (κ3) is 3.38. The van der Waals surface area contributed by atoms with E-state index in [0.29, 0.717) is 33.7 Å². The number of benzene rings is 2. The van der Waals surface area contributed by atoms with Gasteiger partial charge in [0.15, 0.2) is 0 Å². The number of nitrogens with zero attached hydrogens (tertiary/aromatic N) is 2. The molecular formula is C17H15Cl2N3OS. The van der Waals surface area contributed by atoms with E-state index in [1.807, 2.05) is 41.0 Å². The average Bonchev–Trinajstić information content (AvgIpc) is 2.94. The van der Waals surface area contributed by atoms with Crippen molar-refractivity contribution >= 4 is 52.8 Å². The zero-order valence-corrected chi connectivity index (χ0v) is 15.1. The number of imidazole rings is 1. The Morgan fingerprint density at radius 1 is 1.17 bits per heavy atom. The molecule has 0 atom stereocenters. The lowest BCUT2D eigenvalue weighted by atomic mass is 10.2. The van der Waals surface area contributed by atoms with E-state index in [1.54, 1.807) is 6.07 Å². The summed E-state index contributed by atoms with van der Waals surface area (Å²) in [6.45, 7) is 0.661. The summed E-state index contributed by atoms with van der Waals surface area (Å²) in [7, 11) is 0. The lowest BCUT2D eigenvalue weighted by molar-refractivity contribution is -0.121. The summed E-state index contributed by atoms with van der Waals surface area (Å²) in [6, 6.07) is 13.0. The number of thiol groups is 1. The molecule has 0 aliphatic carbocycles. The number of halogens is 2. The minimum atomic E-state index is -0.105. The minimum Gasteiger partial charge on any atom is -0.354 e. The zero-order chi connectivity index (χ0) is 17.1. The molecular weight excluding hydrogens is 365 g/mol. The Morgan fingerprint density at radius 2 is 1.96 bits per heavy atom. The van der Waals surface area contributed by atoms with Crippen LogP contribution in [0.25, 0.3) is 22.4 Å². The number of carbonyl (C=O) groups is 1. The predicted octanol–water partition coefficient (Wildman–Crippen LogP) is 4.06. The van der Waals surface area contributed by atoms with Crippen LogP contribution < -0.4 is 5.32 Å². The van der Waals surface area contributed by atoms with Crippen LogP contribution in [0.4, 0.5) is 0 Å². The van der Waals surface area contributed by atoms with Crippen molar-refractivity contribution in [1.82, 2.24) is 14.9 Å². The van der Waals surface area contributed by atoms with Gasteiger partial charge in [-0.2, -0.15) is 12.6 Å². The first-order chi connectivity index (χ1) is 11.6. The van der Waals surface area contributed by atoms with E-state index in [2.05, 4.69) is 22.9 Å². The van der Waals surface area contributed by atoms with Crippen molar-refractivity contribution < 1.29 is 4.79 Å². The molecule has 0 saturated heterocycles. The molecule has 3 rings (SSSR count). The lowest BCUT2D eigenvalue weighted by Gasteiger charge is -2.11. The Kier molecular flexibility index (Phi) is 5.33. The average molecular weight is 380 g/mol. The normalized spacial score (nSPS) is 11.0. The Hall–Kier alpha value is -1.69. The predicted molar refractivity (Wildman–Crippen MR) is 102 cm³/mol. The first-order valence-electron chi connectivity index (χ1n) is 7.39. The second-order valence-electron chi connectivity index (χ2n) is 5.19. The second kappa shape index (κ2) is 7.47. The van der Waals surface area contributed by atoms with Crippen LogP contribution in [0.15, 0.2) is 42.5 Å². The fourth-order valence-corrected chi connectivity index (χ4v) is 3.01. The molecule has 0 unspecified atom stereocenters. The summed E-state index contributed by atoms with van der Waals surface area (Å²) in [4.78, 5) is 16.8. The molecule has 3 aromatic rings. The Bertz CT molecular complexity index is 895. The van der Waals surface area contributed by atoms with Crippen LogP contribution in [-0.2, 0) is 11.3 Å². The summed E-state index contributed by atoms with van der Waals surface area (Å²) in [6.07, 6.45) is 0. The summed E-state index contributed by atoms with van der Waals surface area (Å²) >= 11 is 16.6. The molecule has 0 saturated carbocycles. The fourth-order valence-electron chi connectivity index (χ4n) is 2.51. The summed E-state index contributed by atoms with van der Waals surface area (Å²) in [5.41, 5.74) is 2.36. The number of carbonyl (C=O) groups excluding carboxylic acids is 1. The highest BCUT2D eigenvalue weighted by Gasteiger charge is 2.18. The third-order valence-corrected chi connectivity index (χ3v) is 4.63. The molecule has 24 heavy (non-hydrogen) atoms. The number of rotatable bonds is 5. The molecule has 1 heterocycles. The highest BCUT2D eigenvalue weighted by molar-refractivity contribution is 7.80. The molecule has 1 amide bonds. The zero-order valence-electron chi connectivity index (χ0n) is 12.7. The van der Waals surface area contributed by atoms with Crippen molar-refractivity contribution in [2.24, 2.45) is 0 Å². The van der Waals surface area contributed by atoms with Crippen molar-refractivity contribution in [3.8, 4) is 11.4 Å². The van der Waals surface area contributed by atoms with Gasteiger partial charge in [-0.3, -0.25) is 4.79 Å². The minimum absolute atomic E-state index is 0.105. The van der Waals surface area contributed by atoms with Gasteiger partial charge in [-0.25, -0.2) is 4.98 Å². The van der Waals surface area contributed by atoms with E-state index in [4.69, 9.17) is 23.2 Å². The van der Waals surface area contributed by atoms with E-state index in [0.717, 1.165) is 11.0 Å².